The number of hydrogen-bond acceptors (Lipinski definition) is 4. The summed E-state index contributed by atoms with van der Waals surface area (Å²) in [5, 5.41) is 4.12. The molecule has 0 aromatic heterocycles. The first-order valence-electron chi connectivity index (χ1n) is 5.11. The summed E-state index contributed by atoms with van der Waals surface area (Å²) in [6, 6.07) is 0.440. The van der Waals surface area contributed by atoms with Gasteiger partial charge in [0.2, 0.25) is 10.0 Å². The van der Waals surface area contributed by atoms with Gasteiger partial charge in [0.25, 0.3) is 0 Å². The molecular weight excluding hydrogens is 246 g/mol. The molecule has 16 heavy (non-hydrogen) atoms. The Bertz CT molecular complexity index is 376. The largest absolute Gasteiger partial charge is 0.362 e. The van der Waals surface area contributed by atoms with E-state index in [1.807, 2.05) is 13.8 Å². The van der Waals surface area contributed by atoms with Gasteiger partial charge in [-0.2, -0.15) is 0 Å². The van der Waals surface area contributed by atoms with E-state index in [2.05, 4.69) is 22.0 Å². The minimum atomic E-state index is -3.18. The first kappa shape index (κ1) is 13.8. The number of nitrogens with one attached hydrogen (secondary N) is 2. The molecule has 0 aliphatic carbocycles. The van der Waals surface area contributed by atoms with Crippen LogP contribution in [0.1, 0.15) is 20.8 Å². The van der Waals surface area contributed by atoms with Crippen molar-refractivity contribution in [3.05, 3.63) is 0 Å². The number of rotatable bonds is 4. The molecule has 0 amide bonds. The fraction of sp³-hybridized carbons (Fsp3) is 0.889. The fourth-order valence-corrected chi connectivity index (χ4v) is 3.39. The van der Waals surface area contributed by atoms with Crippen molar-refractivity contribution in [3.8, 4) is 0 Å². The lowest BCUT2D eigenvalue weighted by atomic mass is 10.1. The van der Waals surface area contributed by atoms with E-state index in [-0.39, 0.29) is 0 Å². The normalized spacial score (nSPS) is 24.8. The molecule has 1 rings (SSSR count). The highest BCUT2D eigenvalue weighted by Gasteiger charge is 2.23. The Morgan fingerprint density at radius 2 is 2.25 bits per heavy atom. The number of sulfonamides is 1. The van der Waals surface area contributed by atoms with E-state index < -0.39 is 15.6 Å². The highest BCUT2D eigenvalue weighted by Crippen LogP contribution is 2.14. The van der Waals surface area contributed by atoms with Gasteiger partial charge in [-0.1, -0.05) is 11.8 Å². The SMILES string of the molecule is CC1CSC(=NCC(C)(C)NS(C)(=O)=O)N1. The maximum Gasteiger partial charge on any atom is 0.209 e. The third-order valence-electron chi connectivity index (χ3n) is 1.92. The first-order chi connectivity index (χ1) is 7.18. The van der Waals surface area contributed by atoms with Crippen molar-refractivity contribution in [3.63, 3.8) is 0 Å². The number of nitrogens with zero attached hydrogens (tertiary/aromatic N) is 1. The van der Waals surface area contributed by atoms with Gasteiger partial charge >= 0.3 is 0 Å². The average Bonchev–Trinajstić information content (AvgIpc) is 2.44. The maximum atomic E-state index is 11.1. The summed E-state index contributed by atoms with van der Waals surface area (Å²) >= 11 is 1.67. The Hall–Kier alpha value is -0.270. The second-order valence-corrected chi connectivity index (χ2v) is 7.49. The van der Waals surface area contributed by atoms with Crippen molar-refractivity contribution >= 4 is 27.0 Å². The second kappa shape index (κ2) is 4.93. The van der Waals surface area contributed by atoms with Crippen molar-refractivity contribution in [2.45, 2.75) is 32.4 Å². The molecule has 5 nitrogen and oxygen atoms in total. The van der Waals surface area contributed by atoms with Crippen LogP contribution >= 0.6 is 11.8 Å². The summed E-state index contributed by atoms with van der Waals surface area (Å²) in [7, 11) is -3.18. The van der Waals surface area contributed by atoms with Gasteiger partial charge in [0.1, 0.15) is 0 Å². The molecule has 0 spiro atoms. The minimum Gasteiger partial charge on any atom is -0.362 e. The zero-order chi connectivity index (χ0) is 12.4. The smallest absolute Gasteiger partial charge is 0.209 e. The van der Waals surface area contributed by atoms with Gasteiger partial charge < -0.3 is 5.32 Å². The zero-order valence-corrected chi connectivity index (χ0v) is 11.7. The lowest BCUT2D eigenvalue weighted by molar-refractivity contribution is 0.466. The van der Waals surface area contributed by atoms with Gasteiger partial charge in [0, 0.05) is 17.3 Å². The zero-order valence-electron chi connectivity index (χ0n) is 10.1. The molecule has 94 valence electrons. The second-order valence-electron chi connectivity index (χ2n) is 4.74. The Morgan fingerprint density at radius 3 is 2.69 bits per heavy atom. The molecule has 1 heterocycles. The van der Waals surface area contributed by atoms with Gasteiger partial charge in [-0.3, -0.25) is 4.99 Å². The molecule has 2 N–H and O–H groups in total. The highest BCUT2D eigenvalue weighted by molar-refractivity contribution is 8.14. The van der Waals surface area contributed by atoms with E-state index in [1.165, 1.54) is 0 Å². The topological polar surface area (TPSA) is 70.6 Å². The number of amidine groups is 1. The molecule has 0 bridgehead atoms. The third kappa shape index (κ3) is 5.18. The molecular formula is C9H19N3O2S2. The molecule has 1 aliphatic rings. The number of thioether (sulfide) groups is 1. The lowest BCUT2D eigenvalue weighted by Gasteiger charge is -2.22. The van der Waals surface area contributed by atoms with Crippen molar-refractivity contribution < 1.29 is 8.42 Å². The summed E-state index contributed by atoms with van der Waals surface area (Å²) in [4.78, 5) is 4.37. The van der Waals surface area contributed by atoms with Crippen LogP contribution in [0, 0.1) is 0 Å². The molecule has 1 saturated heterocycles. The van der Waals surface area contributed by atoms with Crippen LogP contribution in [-0.4, -0.2) is 43.7 Å². The van der Waals surface area contributed by atoms with Crippen LogP contribution in [0.25, 0.3) is 0 Å². The summed E-state index contributed by atoms with van der Waals surface area (Å²) in [5.74, 6) is 1.01. The van der Waals surface area contributed by atoms with Crippen LogP contribution in [0.4, 0.5) is 0 Å². The highest BCUT2D eigenvalue weighted by atomic mass is 32.2. The van der Waals surface area contributed by atoms with E-state index >= 15 is 0 Å². The molecule has 1 fully saturated rings. The lowest BCUT2D eigenvalue weighted by Crippen LogP contribution is -2.45. The molecule has 1 aliphatic heterocycles. The van der Waals surface area contributed by atoms with Crippen molar-refractivity contribution in [1.29, 1.82) is 0 Å². The van der Waals surface area contributed by atoms with Crippen LogP contribution in [0.2, 0.25) is 0 Å². The van der Waals surface area contributed by atoms with Crippen LogP contribution in [0.5, 0.6) is 0 Å². The van der Waals surface area contributed by atoms with E-state index in [0.29, 0.717) is 12.6 Å². The van der Waals surface area contributed by atoms with Crippen molar-refractivity contribution in [2.24, 2.45) is 4.99 Å². The van der Waals surface area contributed by atoms with Crippen LogP contribution in [-0.2, 0) is 10.0 Å². The molecule has 0 radical (unpaired) electrons. The Balaban J connectivity index is 2.53. The molecule has 1 unspecified atom stereocenters. The predicted octanol–water partition coefficient (Wildman–Crippen LogP) is 0.395. The standard InChI is InChI=1S/C9H19N3O2S2/c1-7-5-15-8(11-7)10-6-9(2,3)12-16(4,13)14/h7,12H,5-6H2,1-4H3,(H,10,11). The summed E-state index contributed by atoms with van der Waals surface area (Å²) in [5.41, 5.74) is -0.547. The van der Waals surface area contributed by atoms with Crippen LogP contribution in [0.3, 0.4) is 0 Å². The van der Waals surface area contributed by atoms with E-state index in [1.54, 1.807) is 11.8 Å². The average molecular weight is 265 g/mol. The van der Waals surface area contributed by atoms with Crippen LogP contribution < -0.4 is 10.0 Å². The van der Waals surface area contributed by atoms with E-state index in [4.69, 9.17) is 0 Å². The van der Waals surface area contributed by atoms with Crippen molar-refractivity contribution in [2.75, 3.05) is 18.6 Å². The summed E-state index contributed by atoms with van der Waals surface area (Å²) in [6.45, 7) is 6.17. The maximum absolute atomic E-state index is 11.1. The quantitative estimate of drug-likeness (QED) is 0.772. The first-order valence-corrected chi connectivity index (χ1v) is 7.98. The minimum absolute atomic E-state index is 0.433. The molecule has 0 aromatic carbocycles. The third-order valence-corrected chi connectivity index (χ3v) is 4.03. The van der Waals surface area contributed by atoms with Gasteiger partial charge in [0.05, 0.1) is 12.8 Å². The van der Waals surface area contributed by atoms with E-state index in [9.17, 15) is 8.42 Å². The Labute approximate surface area is 102 Å². The summed E-state index contributed by atoms with van der Waals surface area (Å²) < 4.78 is 24.8. The van der Waals surface area contributed by atoms with Crippen molar-refractivity contribution in [1.82, 2.24) is 10.0 Å². The monoisotopic (exact) mass is 265 g/mol. The van der Waals surface area contributed by atoms with Gasteiger partial charge in [-0.15, -0.1) is 0 Å². The van der Waals surface area contributed by atoms with Gasteiger partial charge in [0.15, 0.2) is 5.17 Å². The molecule has 0 aromatic rings. The Morgan fingerprint density at radius 1 is 1.62 bits per heavy atom. The summed E-state index contributed by atoms with van der Waals surface area (Å²) in [6.07, 6.45) is 1.16. The van der Waals surface area contributed by atoms with Gasteiger partial charge in [-0.05, 0) is 20.8 Å². The molecule has 1 atom stereocenters. The van der Waals surface area contributed by atoms with E-state index in [0.717, 1.165) is 17.2 Å². The predicted molar refractivity (Wildman–Crippen MR) is 69.4 cm³/mol. The Kier molecular flexibility index (Phi) is 4.25. The fourth-order valence-electron chi connectivity index (χ4n) is 1.39. The number of hydrogen-bond donors (Lipinski definition) is 2. The van der Waals surface area contributed by atoms with Crippen LogP contribution in [0.15, 0.2) is 4.99 Å². The molecule has 0 saturated carbocycles. The molecule has 7 heteroatoms. The number of aliphatic imine (C=N–C) groups is 1. The van der Waals surface area contributed by atoms with Gasteiger partial charge in [-0.25, -0.2) is 13.1 Å².